The van der Waals surface area contributed by atoms with Gasteiger partial charge in [-0.15, -0.1) is 11.3 Å². The number of carbonyl (C=O) groups is 1. The number of carbonyl (C=O) groups excluding carboxylic acids is 1. The molecule has 0 saturated heterocycles. The summed E-state index contributed by atoms with van der Waals surface area (Å²) in [7, 11) is 1.81. The molecular formula is C15H18N2O2S. The largest absolute Gasteiger partial charge is 0.493 e. The number of benzene rings is 1. The summed E-state index contributed by atoms with van der Waals surface area (Å²) in [6, 6.07) is 11.2. The number of nitrogens with two attached hydrogens (primary N) is 1. The van der Waals surface area contributed by atoms with Crippen LogP contribution in [-0.2, 0) is 11.3 Å². The first-order valence-electron chi connectivity index (χ1n) is 6.40. The van der Waals surface area contributed by atoms with E-state index < -0.39 is 0 Å². The van der Waals surface area contributed by atoms with Crippen LogP contribution in [0.3, 0.4) is 0 Å². The van der Waals surface area contributed by atoms with E-state index in [4.69, 9.17) is 10.5 Å². The zero-order valence-electron chi connectivity index (χ0n) is 11.4. The van der Waals surface area contributed by atoms with Gasteiger partial charge < -0.3 is 15.4 Å². The van der Waals surface area contributed by atoms with E-state index in [2.05, 4.69) is 0 Å². The number of nitrogen functional groups attached to an aromatic ring is 1. The number of hydrogen-bond donors (Lipinski definition) is 1. The molecule has 2 rings (SSSR count). The third kappa shape index (κ3) is 4.28. The van der Waals surface area contributed by atoms with Crippen LogP contribution >= 0.6 is 11.3 Å². The summed E-state index contributed by atoms with van der Waals surface area (Å²) in [5.41, 5.74) is 6.32. The van der Waals surface area contributed by atoms with Crippen LogP contribution in [0.5, 0.6) is 5.75 Å². The molecule has 5 heteroatoms. The van der Waals surface area contributed by atoms with E-state index >= 15 is 0 Å². The molecule has 0 spiro atoms. The zero-order chi connectivity index (χ0) is 14.4. The fourth-order valence-corrected chi connectivity index (χ4v) is 2.53. The van der Waals surface area contributed by atoms with Gasteiger partial charge in [-0.2, -0.15) is 0 Å². The number of amides is 1. The smallest absolute Gasteiger partial charge is 0.226 e. The molecule has 1 aromatic carbocycles. The molecule has 0 fully saturated rings. The van der Waals surface area contributed by atoms with E-state index in [0.717, 1.165) is 0 Å². The van der Waals surface area contributed by atoms with Crippen molar-refractivity contribution in [1.82, 2.24) is 4.90 Å². The Bertz CT molecular complexity index is 555. The van der Waals surface area contributed by atoms with Crippen molar-refractivity contribution in [2.45, 2.75) is 13.0 Å². The van der Waals surface area contributed by atoms with Crippen LogP contribution in [0.15, 0.2) is 41.8 Å². The molecule has 4 nitrogen and oxygen atoms in total. The van der Waals surface area contributed by atoms with Crippen molar-refractivity contribution in [3.8, 4) is 5.75 Å². The Morgan fingerprint density at radius 1 is 1.35 bits per heavy atom. The fourth-order valence-electron chi connectivity index (χ4n) is 1.78. The third-order valence-corrected chi connectivity index (χ3v) is 3.70. The fraction of sp³-hybridized carbons (Fsp3) is 0.267. The summed E-state index contributed by atoms with van der Waals surface area (Å²) in [6.45, 7) is 1.01. The van der Waals surface area contributed by atoms with Gasteiger partial charge in [-0.3, -0.25) is 4.79 Å². The first-order valence-corrected chi connectivity index (χ1v) is 7.28. The molecule has 0 aliphatic carbocycles. The lowest BCUT2D eigenvalue weighted by Crippen LogP contribution is -2.27. The monoisotopic (exact) mass is 290 g/mol. The summed E-state index contributed by atoms with van der Waals surface area (Å²) in [6.07, 6.45) is 0.358. The lowest BCUT2D eigenvalue weighted by atomic mass is 10.3. The van der Waals surface area contributed by atoms with Gasteiger partial charge in [-0.1, -0.05) is 12.1 Å². The lowest BCUT2D eigenvalue weighted by molar-refractivity contribution is -0.130. The second kappa shape index (κ2) is 6.96. The molecule has 2 N–H and O–H groups in total. The topological polar surface area (TPSA) is 55.6 Å². The maximum Gasteiger partial charge on any atom is 0.226 e. The van der Waals surface area contributed by atoms with Gasteiger partial charge in [0.15, 0.2) is 0 Å². The summed E-state index contributed by atoms with van der Waals surface area (Å²) in [4.78, 5) is 14.8. The van der Waals surface area contributed by atoms with Gasteiger partial charge in [0.1, 0.15) is 5.75 Å². The second-order valence-electron chi connectivity index (χ2n) is 4.50. The second-order valence-corrected chi connectivity index (χ2v) is 5.53. The Labute approximate surface area is 122 Å². The van der Waals surface area contributed by atoms with Crippen molar-refractivity contribution in [3.05, 3.63) is 46.7 Å². The van der Waals surface area contributed by atoms with Crippen molar-refractivity contribution in [3.63, 3.8) is 0 Å². The molecule has 20 heavy (non-hydrogen) atoms. The minimum absolute atomic E-state index is 0.0716. The van der Waals surface area contributed by atoms with Crippen molar-refractivity contribution in [1.29, 1.82) is 0 Å². The van der Waals surface area contributed by atoms with Gasteiger partial charge in [0, 0.05) is 23.7 Å². The molecule has 0 atom stereocenters. The highest BCUT2D eigenvalue weighted by Crippen LogP contribution is 2.15. The van der Waals surface area contributed by atoms with Gasteiger partial charge in [-0.25, -0.2) is 0 Å². The van der Waals surface area contributed by atoms with Gasteiger partial charge in [0.25, 0.3) is 0 Å². The van der Waals surface area contributed by atoms with Crippen molar-refractivity contribution in [2.75, 3.05) is 19.4 Å². The van der Waals surface area contributed by atoms with Gasteiger partial charge in [0.05, 0.1) is 19.6 Å². The van der Waals surface area contributed by atoms with Crippen LogP contribution < -0.4 is 10.5 Å². The van der Waals surface area contributed by atoms with E-state index in [1.807, 2.05) is 36.7 Å². The molecule has 0 aliphatic rings. The zero-order valence-corrected chi connectivity index (χ0v) is 12.2. The van der Waals surface area contributed by atoms with Crippen molar-refractivity contribution >= 4 is 22.9 Å². The van der Waals surface area contributed by atoms with E-state index in [1.165, 1.54) is 4.88 Å². The highest BCUT2D eigenvalue weighted by atomic mass is 32.1. The Balaban J connectivity index is 1.74. The molecular weight excluding hydrogens is 272 g/mol. The van der Waals surface area contributed by atoms with Crippen molar-refractivity contribution < 1.29 is 9.53 Å². The molecule has 0 unspecified atom stereocenters. The minimum atomic E-state index is 0.0716. The number of nitrogens with zero attached hydrogens (tertiary/aromatic N) is 1. The minimum Gasteiger partial charge on any atom is -0.493 e. The van der Waals surface area contributed by atoms with Crippen LogP contribution in [0.1, 0.15) is 11.3 Å². The molecule has 1 heterocycles. The first kappa shape index (κ1) is 14.4. The normalized spacial score (nSPS) is 10.2. The lowest BCUT2D eigenvalue weighted by Gasteiger charge is -2.16. The van der Waals surface area contributed by atoms with Crippen LogP contribution in [-0.4, -0.2) is 24.5 Å². The summed E-state index contributed by atoms with van der Waals surface area (Å²) in [5, 5.41) is 2.01. The number of hydrogen-bond acceptors (Lipinski definition) is 4. The van der Waals surface area contributed by atoms with Gasteiger partial charge >= 0.3 is 0 Å². The Kier molecular flexibility index (Phi) is 5.01. The number of ether oxygens (including phenoxy) is 1. The molecule has 106 valence electrons. The Morgan fingerprint density at radius 2 is 2.20 bits per heavy atom. The average Bonchev–Trinajstić information content (AvgIpc) is 2.91. The predicted octanol–water partition coefficient (Wildman–Crippen LogP) is 2.76. The van der Waals surface area contributed by atoms with E-state index in [-0.39, 0.29) is 5.91 Å². The average molecular weight is 290 g/mol. The van der Waals surface area contributed by atoms with Gasteiger partial charge in [0.2, 0.25) is 5.91 Å². The maximum atomic E-state index is 12.0. The van der Waals surface area contributed by atoms with Gasteiger partial charge in [-0.05, 0) is 23.6 Å². The highest BCUT2D eigenvalue weighted by Gasteiger charge is 2.09. The number of rotatable bonds is 6. The standard InChI is InChI=1S/C15H18N2O2S/c1-17(11-14-6-3-9-20-14)15(18)7-8-19-13-5-2-4-12(16)10-13/h2-6,9-10H,7-8,11,16H2,1H3. The van der Waals surface area contributed by atoms with E-state index in [0.29, 0.717) is 31.0 Å². The SMILES string of the molecule is CN(Cc1cccs1)C(=O)CCOc1cccc(N)c1. The molecule has 0 bridgehead atoms. The maximum absolute atomic E-state index is 12.0. The number of anilines is 1. The molecule has 1 amide bonds. The molecule has 0 saturated carbocycles. The van der Waals surface area contributed by atoms with Crippen LogP contribution in [0.2, 0.25) is 0 Å². The third-order valence-electron chi connectivity index (χ3n) is 2.84. The Morgan fingerprint density at radius 3 is 2.90 bits per heavy atom. The molecule has 0 radical (unpaired) electrons. The highest BCUT2D eigenvalue weighted by molar-refractivity contribution is 7.09. The van der Waals surface area contributed by atoms with Crippen LogP contribution in [0, 0.1) is 0 Å². The quantitative estimate of drug-likeness (QED) is 0.832. The van der Waals surface area contributed by atoms with E-state index in [9.17, 15) is 4.79 Å². The van der Waals surface area contributed by atoms with Crippen LogP contribution in [0.25, 0.3) is 0 Å². The summed E-state index contributed by atoms with van der Waals surface area (Å²) >= 11 is 1.65. The van der Waals surface area contributed by atoms with Crippen LogP contribution in [0.4, 0.5) is 5.69 Å². The Hall–Kier alpha value is -2.01. The molecule has 1 aromatic heterocycles. The predicted molar refractivity (Wildman–Crippen MR) is 81.8 cm³/mol. The van der Waals surface area contributed by atoms with Crippen molar-refractivity contribution in [2.24, 2.45) is 0 Å². The summed E-state index contributed by atoms with van der Waals surface area (Å²) in [5.74, 6) is 0.765. The van der Waals surface area contributed by atoms with E-state index in [1.54, 1.807) is 28.4 Å². The number of thiophene rings is 1. The molecule has 0 aliphatic heterocycles. The first-order chi connectivity index (χ1) is 9.65. The summed E-state index contributed by atoms with van der Waals surface area (Å²) < 4.78 is 5.52. The molecule has 2 aromatic rings.